The minimum absolute atomic E-state index is 0.0796. The molecule has 0 aliphatic heterocycles. The largest absolute Gasteiger partial charge is 0.493 e. The third kappa shape index (κ3) is 6.23. The quantitative estimate of drug-likeness (QED) is 0.740. The van der Waals surface area contributed by atoms with E-state index >= 15 is 0 Å². The molecule has 0 heterocycles. The molecule has 0 fully saturated rings. The molecule has 0 aliphatic rings. The van der Waals surface area contributed by atoms with Crippen LogP contribution in [-0.4, -0.2) is 25.0 Å². The van der Waals surface area contributed by atoms with Gasteiger partial charge in [-0.3, -0.25) is 9.59 Å². The molecule has 2 aromatic carbocycles. The maximum absolute atomic E-state index is 11.9. The number of ether oxygens (including phenoxy) is 1. The van der Waals surface area contributed by atoms with E-state index in [1.807, 2.05) is 50.2 Å². The van der Waals surface area contributed by atoms with Crippen molar-refractivity contribution in [1.29, 1.82) is 0 Å². The SMILES string of the molecule is Cc1ccc(OCCC(=O)NCC(=O)Nc2ccccc2Br)c(C)c1. The number of carbonyl (C=O) groups is 2. The second kappa shape index (κ2) is 9.22. The van der Waals surface area contributed by atoms with Crippen LogP contribution in [0.2, 0.25) is 0 Å². The molecule has 2 amide bonds. The van der Waals surface area contributed by atoms with Crippen molar-refractivity contribution >= 4 is 33.4 Å². The minimum atomic E-state index is -0.282. The van der Waals surface area contributed by atoms with Crippen LogP contribution in [0.3, 0.4) is 0 Å². The Labute approximate surface area is 155 Å². The molecule has 0 bridgehead atoms. The zero-order valence-corrected chi connectivity index (χ0v) is 15.9. The molecule has 0 radical (unpaired) electrons. The van der Waals surface area contributed by atoms with Crippen molar-refractivity contribution in [3.63, 3.8) is 0 Å². The lowest BCUT2D eigenvalue weighted by molar-refractivity contribution is -0.124. The standard InChI is InChI=1S/C19H21BrN2O3/c1-13-7-8-17(14(2)11-13)25-10-9-18(23)21-12-19(24)22-16-6-4-3-5-15(16)20/h3-8,11H,9-10,12H2,1-2H3,(H,21,23)(H,22,24). The minimum Gasteiger partial charge on any atom is -0.493 e. The fraction of sp³-hybridized carbons (Fsp3) is 0.263. The summed E-state index contributed by atoms with van der Waals surface area (Å²) < 4.78 is 6.40. The van der Waals surface area contributed by atoms with Crippen molar-refractivity contribution in [2.24, 2.45) is 0 Å². The first kappa shape index (κ1) is 19.0. The summed E-state index contributed by atoms with van der Waals surface area (Å²) in [6, 6.07) is 13.2. The average molecular weight is 405 g/mol. The number of amides is 2. The number of anilines is 1. The lowest BCUT2D eigenvalue weighted by atomic mass is 10.1. The molecule has 0 spiro atoms. The maximum atomic E-state index is 11.9. The normalized spacial score (nSPS) is 10.2. The van der Waals surface area contributed by atoms with Gasteiger partial charge in [0.2, 0.25) is 11.8 Å². The van der Waals surface area contributed by atoms with E-state index in [1.54, 1.807) is 6.07 Å². The summed E-state index contributed by atoms with van der Waals surface area (Å²) in [7, 11) is 0. The molecule has 0 unspecified atom stereocenters. The predicted octanol–water partition coefficient (Wildman–Crippen LogP) is 3.59. The second-order valence-corrected chi connectivity index (χ2v) is 6.53. The fourth-order valence-electron chi connectivity index (χ4n) is 2.24. The molecular formula is C19H21BrN2O3. The van der Waals surface area contributed by atoms with Gasteiger partial charge in [0.1, 0.15) is 5.75 Å². The summed E-state index contributed by atoms with van der Waals surface area (Å²) in [4.78, 5) is 23.7. The van der Waals surface area contributed by atoms with Crippen LogP contribution in [0.25, 0.3) is 0 Å². The third-order valence-electron chi connectivity index (χ3n) is 3.51. The molecule has 5 nitrogen and oxygen atoms in total. The number of para-hydroxylation sites is 1. The van der Waals surface area contributed by atoms with E-state index in [0.717, 1.165) is 15.8 Å². The number of nitrogens with one attached hydrogen (secondary N) is 2. The molecule has 2 N–H and O–H groups in total. The van der Waals surface area contributed by atoms with E-state index in [1.165, 1.54) is 5.56 Å². The van der Waals surface area contributed by atoms with Crippen molar-refractivity contribution < 1.29 is 14.3 Å². The first-order valence-corrected chi connectivity index (χ1v) is 8.76. The number of hydrogen-bond donors (Lipinski definition) is 2. The van der Waals surface area contributed by atoms with Crippen molar-refractivity contribution in [2.75, 3.05) is 18.5 Å². The van der Waals surface area contributed by atoms with Crippen molar-refractivity contribution in [3.8, 4) is 5.75 Å². The first-order chi connectivity index (χ1) is 12.0. The fourth-order valence-corrected chi connectivity index (χ4v) is 2.62. The summed E-state index contributed by atoms with van der Waals surface area (Å²) in [5, 5.41) is 5.31. The summed E-state index contributed by atoms with van der Waals surface area (Å²) in [6.07, 6.45) is 0.190. The van der Waals surface area contributed by atoms with Crippen LogP contribution < -0.4 is 15.4 Å². The van der Waals surface area contributed by atoms with Gasteiger partial charge in [-0.25, -0.2) is 0 Å². The summed E-state index contributed by atoms with van der Waals surface area (Å²) in [5.41, 5.74) is 2.87. The lowest BCUT2D eigenvalue weighted by Crippen LogP contribution is -2.33. The molecule has 0 saturated carbocycles. The molecule has 6 heteroatoms. The van der Waals surface area contributed by atoms with Crippen LogP contribution in [0.1, 0.15) is 17.5 Å². The molecule has 2 aromatic rings. The highest BCUT2D eigenvalue weighted by Crippen LogP contribution is 2.21. The zero-order valence-electron chi connectivity index (χ0n) is 14.3. The Morgan fingerprint density at radius 1 is 1.08 bits per heavy atom. The number of aryl methyl sites for hydroxylation is 2. The van der Waals surface area contributed by atoms with Gasteiger partial charge in [-0.1, -0.05) is 29.8 Å². The molecule has 0 atom stereocenters. The highest BCUT2D eigenvalue weighted by Gasteiger charge is 2.08. The highest BCUT2D eigenvalue weighted by atomic mass is 79.9. The van der Waals surface area contributed by atoms with Crippen molar-refractivity contribution in [3.05, 3.63) is 58.1 Å². The smallest absolute Gasteiger partial charge is 0.243 e. The van der Waals surface area contributed by atoms with Gasteiger partial charge in [-0.05, 0) is 53.5 Å². The Kier molecular flexibility index (Phi) is 7.01. The van der Waals surface area contributed by atoms with E-state index < -0.39 is 0 Å². The number of hydrogen-bond acceptors (Lipinski definition) is 3. The highest BCUT2D eigenvalue weighted by molar-refractivity contribution is 9.10. The summed E-state index contributed by atoms with van der Waals surface area (Å²) >= 11 is 3.35. The monoisotopic (exact) mass is 404 g/mol. The molecule has 25 heavy (non-hydrogen) atoms. The number of halogens is 1. The van der Waals surface area contributed by atoms with Crippen LogP contribution in [0.4, 0.5) is 5.69 Å². The van der Waals surface area contributed by atoms with Gasteiger partial charge in [0.25, 0.3) is 0 Å². The Bertz CT molecular complexity index is 762. The van der Waals surface area contributed by atoms with E-state index in [9.17, 15) is 9.59 Å². The van der Waals surface area contributed by atoms with Gasteiger partial charge in [-0.15, -0.1) is 0 Å². The molecule has 0 saturated heterocycles. The van der Waals surface area contributed by atoms with Gasteiger partial charge in [0.05, 0.1) is 25.3 Å². The van der Waals surface area contributed by atoms with Gasteiger partial charge in [-0.2, -0.15) is 0 Å². The predicted molar refractivity (Wildman–Crippen MR) is 102 cm³/mol. The van der Waals surface area contributed by atoms with Crippen LogP contribution in [0, 0.1) is 13.8 Å². The van der Waals surface area contributed by atoms with Gasteiger partial charge in [0, 0.05) is 4.47 Å². The topological polar surface area (TPSA) is 67.4 Å². The second-order valence-electron chi connectivity index (χ2n) is 5.67. The number of rotatable bonds is 7. The summed E-state index contributed by atoms with van der Waals surface area (Å²) in [6.45, 7) is 4.17. The molecular weight excluding hydrogens is 384 g/mol. The Hall–Kier alpha value is -2.34. The summed E-state index contributed by atoms with van der Waals surface area (Å²) in [5.74, 6) is 0.257. The van der Waals surface area contributed by atoms with Crippen LogP contribution in [0.5, 0.6) is 5.75 Å². The van der Waals surface area contributed by atoms with Crippen molar-refractivity contribution in [2.45, 2.75) is 20.3 Å². The Morgan fingerprint density at radius 3 is 2.56 bits per heavy atom. The van der Waals surface area contributed by atoms with E-state index in [4.69, 9.17) is 4.74 Å². The molecule has 2 rings (SSSR count). The third-order valence-corrected chi connectivity index (χ3v) is 4.20. The van der Waals surface area contributed by atoms with Gasteiger partial charge in [0.15, 0.2) is 0 Å². The molecule has 0 aliphatic carbocycles. The number of carbonyl (C=O) groups excluding carboxylic acids is 2. The van der Waals surface area contributed by atoms with E-state index in [0.29, 0.717) is 5.69 Å². The van der Waals surface area contributed by atoms with E-state index in [2.05, 4.69) is 26.6 Å². The first-order valence-electron chi connectivity index (χ1n) is 7.97. The molecule has 132 valence electrons. The van der Waals surface area contributed by atoms with Crippen LogP contribution in [-0.2, 0) is 9.59 Å². The Morgan fingerprint density at radius 2 is 1.84 bits per heavy atom. The maximum Gasteiger partial charge on any atom is 0.243 e. The van der Waals surface area contributed by atoms with Gasteiger partial charge < -0.3 is 15.4 Å². The average Bonchev–Trinajstić information content (AvgIpc) is 2.57. The zero-order chi connectivity index (χ0) is 18.2. The van der Waals surface area contributed by atoms with Gasteiger partial charge >= 0.3 is 0 Å². The lowest BCUT2D eigenvalue weighted by Gasteiger charge is -2.10. The van der Waals surface area contributed by atoms with Crippen LogP contribution in [0.15, 0.2) is 46.9 Å². The van der Waals surface area contributed by atoms with E-state index in [-0.39, 0.29) is 31.4 Å². The molecule has 0 aromatic heterocycles. The Balaban J connectivity index is 1.70. The van der Waals surface area contributed by atoms with Crippen molar-refractivity contribution in [1.82, 2.24) is 5.32 Å². The number of benzene rings is 2. The van der Waals surface area contributed by atoms with Crippen LogP contribution >= 0.6 is 15.9 Å².